The second-order valence-corrected chi connectivity index (χ2v) is 6.53. The Morgan fingerprint density at radius 1 is 1.22 bits per heavy atom. The quantitative estimate of drug-likeness (QED) is 0.734. The lowest BCUT2D eigenvalue weighted by molar-refractivity contribution is -0.149. The summed E-state index contributed by atoms with van der Waals surface area (Å²) in [7, 11) is 0. The van der Waals surface area contributed by atoms with Gasteiger partial charge in [-0.2, -0.15) is 0 Å². The number of benzene rings is 1. The Labute approximate surface area is 144 Å². The standard InChI is InChI=1S/C17H22BrNO4/c18-13-5-4-8-15(11-13)22-10-9-17(21)23-12-16(20)19-14-6-2-1-3-7-14/h4-5,8,11,14H,1-3,6-7,9-10,12H2,(H,19,20). The molecule has 1 aliphatic rings. The maximum absolute atomic E-state index is 11.7. The largest absolute Gasteiger partial charge is 0.493 e. The van der Waals surface area contributed by atoms with Crippen LogP contribution >= 0.6 is 15.9 Å². The zero-order valence-electron chi connectivity index (χ0n) is 13.1. The van der Waals surface area contributed by atoms with Crippen molar-refractivity contribution in [1.29, 1.82) is 0 Å². The molecule has 0 radical (unpaired) electrons. The van der Waals surface area contributed by atoms with E-state index in [2.05, 4.69) is 21.2 Å². The van der Waals surface area contributed by atoms with Crippen molar-refractivity contribution < 1.29 is 19.1 Å². The molecular weight excluding hydrogens is 362 g/mol. The van der Waals surface area contributed by atoms with Gasteiger partial charge in [0.25, 0.3) is 5.91 Å². The van der Waals surface area contributed by atoms with E-state index < -0.39 is 5.97 Å². The molecule has 0 bridgehead atoms. The Morgan fingerprint density at radius 3 is 2.74 bits per heavy atom. The van der Waals surface area contributed by atoms with Gasteiger partial charge < -0.3 is 14.8 Å². The van der Waals surface area contributed by atoms with Gasteiger partial charge >= 0.3 is 5.97 Å². The number of carbonyl (C=O) groups excluding carboxylic acids is 2. The van der Waals surface area contributed by atoms with Gasteiger partial charge in [0.15, 0.2) is 6.61 Å². The van der Waals surface area contributed by atoms with Gasteiger partial charge in [-0.3, -0.25) is 9.59 Å². The number of rotatable bonds is 7. The molecule has 1 amide bonds. The van der Waals surface area contributed by atoms with Crippen LogP contribution in [0.25, 0.3) is 0 Å². The van der Waals surface area contributed by atoms with Crippen molar-refractivity contribution in [1.82, 2.24) is 5.32 Å². The van der Waals surface area contributed by atoms with Crippen LogP contribution in [-0.4, -0.2) is 31.1 Å². The van der Waals surface area contributed by atoms with E-state index >= 15 is 0 Å². The highest BCUT2D eigenvalue weighted by Crippen LogP contribution is 2.18. The Balaban J connectivity index is 1.58. The van der Waals surface area contributed by atoms with Crippen LogP contribution in [0.15, 0.2) is 28.7 Å². The Hall–Kier alpha value is -1.56. The van der Waals surface area contributed by atoms with Crippen LogP contribution in [0.2, 0.25) is 0 Å². The van der Waals surface area contributed by atoms with E-state index in [9.17, 15) is 9.59 Å². The fourth-order valence-electron chi connectivity index (χ4n) is 2.54. The molecule has 23 heavy (non-hydrogen) atoms. The van der Waals surface area contributed by atoms with E-state index in [1.54, 1.807) is 0 Å². The minimum absolute atomic E-state index is 0.114. The van der Waals surface area contributed by atoms with Crippen molar-refractivity contribution in [2.75, 3.05) is 13.2 Å². The molecule has 126 valence electrons. The summed E-state index contributed by atoms with van der Waals surface area (Å²) in [6.07, 6.45) is 5.68. The van der Waals surface area contributed by atoms with Crippen molar-refractivity contribution in [2.45, 2.75) is 44.6 Å². The molecule has 1 N–H and O–H groups in total. The molecule has 0 unspecified atom stereocenters. The summed E-state index contributed by atoms with van der Waals surface area (Å²) in [6, 6.07) is 7.62. The van der Waals surface area contributed by atoms with E-state index in [1.165, 1.54) is 6.42 Å². The fraction of sp³-hybridized carbons (Fsp3) is 0.529. The molecule has 0 atom stereocenters. The molecule has 1 aliphatic carbocycles. The number of esters is 1. The zero-order valence-corrected chi connectivity index (χ0v) is 14.6. The van der Waals surface area contributed by atoms with Gasteiger partial charge in [0.05, 0.1) is 13.0 Å². The van der Waals surface area contributed by atoms with Crippen LogP contribution in [-0.2, 0) is 14.3 Å². The first-order chi connectivity index (χ1) is 11.1. The van der Waals surface area contributed by atoms with Crippen LogP contribution in [0.5, 0.6) is 5.75 Å². The minimum Gasteiger partial charge on any atom is -0.493 e. The number of halogens is 1. The SMILES string of the molecule is O=C(COC(=O)CCOc1cccc(Br)c1)NC1CCCCC1. The van der Waals surface area contributed by atoms with E-state index in [4.69, 9.17) is 9.47 Å². The topological polar surface area (TPSA) is 64.6 Å². The lowest BCUT2D eigenvalue weighted by atomic mass is 9.95. The minimum atomic E-state index is -0.432. The van der Waals surface area contributed by atoms with Crippen LogP contribution in [0.4, 0.5) is 0 Å². The lowest BCUT2D eigenvalue weighted by Gasteiger charge is -2.22. The molecule has 1 fully saturated rings. The summed E-state index contributed by atoms with van der Waals surface area (Å²) in [6.45, 7) is 0.00570. The number of carbonyl (C=O) groups is 2. The predicted octanol–water partition coefficient (Wildman–Crippen LogP) is 3.21. The van der Waals surface area contributed by atoms with Crippen LogP contribution in [0, 0.1) is 0 Å². The normalized spacial score (nSPS) is 15.0. The summed E-state index contributed by atoms with van der Waals surface area (Å²) < 4.78 is 11.3. The van der Waals surface area contributed by atoms with Crippen LogP contribution in [0.3, 0.4) is 0 Å². The summed E-state index contributed by atoms with van der Waals surface area (Å²) in [4.78, 5) is 23.3. The van der Waals surface area contributed by atoms with Gasteiger partial charge in [0.2, 0.25) is 0 Å². The second-order valence-electron chi connectivity index (χ2n) is 5.62. The Morgan fingerprint density at radius 2 is 2.00 bits per heavy atom. The van der Waals surface area contributed by atoms with Crippen molar-refractivity contribution in [3.8, 4) is 5.75 Å². The van der Waals surface area contributed by atoms with Crippen LogP contribution in [0.1, 0.15) is 38.5 Å². The third kappa shape index (κ3) is 7.03. The average molecular weight is 384 g/mol. The Kier molecular flexibility index (Phi) is 7.39. The van der Waals surface area contributed by atoms with Gasteiger partial charge in [-0.1, -0.05) is 41.3 Å². The smallest absolute Gasteiger partial charge is 0.309 e. The first-order valence-electron chi connectivity index (χ1n) is 7.97. The molecule has 1 aromatic carbocycles. The van der Waals surface area contributed by atoms with Crippen molar-refractivity contribution in [3.05, 3.63) is 28.7 Å². The molecule has 0 spiro atoms. The zero-order chi connectivity index (χ0) is 16.5. The van der Waals surface area contributed by atoms with Crippen LogP contribution < -0.4 is 10.1 Å². The summed E-state index contributed by atoms with van der Waals surface area (Å²) in [5, 5.41) is 2.91. The molecular formula is C17H22BrNO4. The van der Waals surface area contributed by atoms with Crippen molar-refractivity contribution in [2.24, 2.45) is 0 Å². The molecule has 1 saturated carbocycles. The van der Waals surface area contributed by atoms with Gasteiger partial charge in [-0.15, -0.1) is 0 Å². The molecule has 0 aliphatic heterocycles. The average Bonchev–Trinajstić information content (AvgIpc) is 2.54. The summed E-state index contributed by atoms with van der Waals surface area (Å²) in [5.41, 5.74) is 0. The number of ether oxygens (including phenoxy) is 2. The van der Waals surface area contributed by atoms with E-state index in [-0.39, 0.29) is 31.6 Å². The number of hydrogen-bond acceptors (Lipinski definition) is 4. The maximum atomic E-state index is 11.7. The highest BCUT2D eigenvalue weighted by molar-refractivity contribution is 9.10. The lowest BCUT2D eigenvalue weighted by Crippen LogP contribution is -2.38. The molecule has 1 aromatic rings. The molecule has 5 nitrogen and oxygen atoms in total. The Bertz CT molecular complexity index is 529. The first-order valence-corrected chi connectivity index (χ1v) is 8.76. The second kappa shape index (κ2) is 9.55. The highest BCUT2D eigenvalue weighted by atomic mass is 79.9. The summed E-state index contributed by atoms with van der Waals surface area (Å²) in [5.74, 6) is 0.0270. The first kappa shape index (κ1) is 17.8. The monoisotopic (exact) mass is 383 g/mol. The van der Waals surface area contributed by atoms with E-state index in [0.717, 1.165) is 30.2 Å². The highest BCUT2D eigenvalue weighted by Gasteiger charge is 2.16. The van der Waals surface area contributed by atoms with Crippen molar-refractivity contribution >= 4 is 27.8 Å². The third-order valence-corrected chi connectivity index (χ3v) is 4.20. The maximum Gasteiger partial charge on any atom is 0.309 e. The molecule has 6 heteroatoms. The third-order valence-electron chi connectivity index (χ3n) is 3.71. The van der Waals surface area contributed by atoms with E-state index in [0.29, 0.717) is 5.75 Å². The van der Waals surface area contributed by atoms with Gasteiger partial charge in [-0.25, -0.2) is 0 Å². The molecule has 0 heterocycles. The number of amides is 1. The number of nitrogens with one attached hydrogen (secondary N) is 1. The molecule has 0 saturated heterocycles. The van der Waals surface area contributed by atoms with Crippen molar-refractivity contribution in [3.63, 3.8) is 0 Å². The van der Waals surface area contributed by atoms with Gasteiger partial charge in [0, 0.05) is 10.5 Å². The van der Waals surface area contributed by atoms with E-state index in [1.807, 2.05) is 24.3 Å². The molecule has 2 rings (SSSR count). The fourth-order valence-corrected chi connectivity index (χ4v) is 2.92. The predicted molar refractivity (Wildman–Crippen MR) is 90.2 cm³/mol. The number of hydrogen-bond donors (Lipinski definition) is 1. The van der Waals surface area contributed by atoms with Gasteiger partial charge in [0.1, 0.15) is 5.75 Å². The molecule has 0 aromatic heterocycles. The van der Waals surface area contributed by atoms with Gasteiger partial charge in [-0.05, 0) is 31.0 Å². The summed E-state index contributed by atoms with van der Waals surface area (Å²) >= 11 is 3.35.